The smallest absolute Gasteiger partial charge is 0.267 e. The number of fused-ring (bicyclic) bond motifs is 1. The van der Waals surface area contributed by atoms with E-state index in [1.54, 1.807) is 24.4 Å². The molecule has 0 amide bonds. The van der Waals surface area contributed by atoms with Gasteiger partial charge in [0.05, 0.1) is 16.2 Å². The molecular weight excluding hydrogens is 250 g/mol. The number of nitro groups is 1. The number of nitrogens with zero attached hydrogens (tertiary/aromatic N) is 5. The minimum absolute atomic E-state index is 0.124. The Morgan fingerprint density at radius 2 is 2.16 bits per heavy atom. The second-order valence-electron chi connectivity index (χ2n) is 3.78. The lowest BCUT2D eigenvalue weighted by atomic mass is 10.2. The molecule has 2 aliphatic rings. The fraction of sp³-hybridized carbons (Fsp3) is 0. The molecule has 0 bridgehead atoms. The molecule has 0 saturated carbocycles. The second-order valence-corrected chi connectivity index (χ2v) is 3.78. The number of aromatic nitrogens is 4. The van der Waals surface area contributed by atoms with Gasteiger partial charge in [0.1, 0.15) is 12.4 Å². The molecule has 0 aliphatic carbocycles. The van der Waals surface area contributed by atoms with Gasteiger partial charge in [-0.3, -0.25) is 14.9 Å². The van der Waals surface area contributed by atoms with E-state index >= 15 is 0 Å². The van der Waals surface area contributed by atoms with Crippen molar-refractivity contribution in [3.05, 3.63) is 63.5 Å². The van der Waals surface area contributed by atoms with Gasteiger partial charge in [0, 0.05) is 12.4 Å². The van der Waals surface area contributed by atoms with Crippen LogP contribution in [0.15, 0.2) is 47.8 Å². The molecule has 0 aromatic carbocycles. The van der Waals surface area contributed by atoms with Gasteiger partial charge in [-0.25, -0.2) is 9.66 Å². The Balaban J connectivity index is 2.22. The normalized spacial score (nSPS) is 10.7. The van der Waals surface area contributed by atoms with Crippen molar-refractivity contribution in [3.8, 4) is 11.3 Å². The number of pyridine rings is 2. The zero-order valence-electron chi connectivity index (χ0n) is 9.50. The lowest BCUT2D eigenvalue weighted by Gasteiger charge is -2.13. The van der Waals surface area contributed by atoms with Gasteiger partial charge >= 0.3 is 5.69 Å². The van der Waals surface area contributed by atoms with E-state index in [-0.39, 0.29) is 11.2 Å². The van der Waals surface area contributed by atoms with Crippen LogP contribution in [0.3, 0.4) is 0 Å². The molecule has 1 aromatic heterocycles. The van der Waals surface area contributed by atoms with E-state index in [2.05, 4.69) is 10.1 Å². The average Bonchev–Trinajstić information content (AvgIpc) is 2.88. The van der Waals surface area contributed by atoms with Gasteiger partial charge in [-0.15, -0.1) is 0 Å². The summed E-state index contributed by atoms with van der Waals surface area (Å²) < 4.78 is 1.53. The molecule has 0 spiro atoms. The molecule has 2 aliphatic heterocycles. The van der Waals surface area contributed by atoms with E-state index in [1.807, 2.05) is 0 Å². The molecule has 8 heteroatoms. The lowest BCUT2D eigenvalue weighted by Crippen LogP contribution is -2.18. The molecular formula is C11H7N5O3. The largest absolute Gasteiger partial charge is 0.309 e. The maximum Gasteiger partial charge on any atom is 0.309 e. The Hall–Kier alpha value is -3.03. The Bertz CT molecular complexity index is 791. The summed E-state index contributed by atoms with van der Waals surface area (Å²) in [4.78, 5) is 26.7. The summed E-state index contributed by atoms with van der Waals surface area (Å²) >= 11 is 0. The van der Waals surface area contributed by atoms with Gasteiger partial charge in [0.25, 0.3) is 5.56 Å². The molecule has 0 unspecified atom stereocenters. The zero-order chi connectivity index (χ0) is 13.4. The first-order valence-electron chi connectivity index (χ1n) is 5.33. The van der Waals surface area contributed by atoms with Gasteiger partial charge in [0.2, 0.25) is 0 Å². The van der Waals surface area contributed by atoms with Gasteiger partial charge in [0.15, 0.2) is 0 Å². The van der Waals surface area contributed by atoms with E-state index in [1.165, 1.54) is 21.9 Å². The topological polar surface area (TPSA) is 95.8 Å². The first-order valence-corrected chi connectivity index (χ1v) is 5.33. The number of hydrogen-bond acceptors (Lipinski definition) is 5. The maximum absolute atomic E-state index is 11.6. The fourth-order valence-corrected chi connectivity index (χ4v) is 1.80. The number of rotatable bonds is 2. The van der Waals surface area contributed by atoms with Crippen molar-refractivity contribution in [1.82, 2.24) is 19.5 Å². The summed E-state index contributed by atoms with van der Waals surface area (Å²) in [6, 6.07) is 4.93. The van der Waals surface area contributed by atoms with Crippen molar-refractivity contribution in [2.45, 2.75) is 0 Å². The van der Waals surface area contributed by atoms with Crippen molar-refractivity contribution >= 4 is 5.69 Å². The molecule has 3 rings (SSSR count). The minimum atomic E-state index is -0.532. The first-order chi connectivity index (χ1) is 9.16. The molecule has 0 fully saturated rings. The van der Waals surface area contributed by atoms with Crippen LogP contribution in [0.4, 0.5) is 5.69 Å². The molecule has 0 radical (unpaired) electrons. The van der Waals surface area contributed by atoms with Crippen molar-refractivity contribution in [2.75, 3.05) is 0 Å². The SMILES string of the molecule is O=c1nccc2n(-n3cc([N+](=O)[O-])cn3)cccc1-2. The van der Waals surface area contributed by atoms with E-state index in [0.29, 0.717) is 11.3 Å². The van der Waals surface area contributed by atoms with E-state index in [9.17, 15) is 14.9 Å². The summed E-state index contributed by atoms with van der Waals surface area (Å²) in [6.45, 7) is 0. The zero-order valence-corrected chi connectivity index (χ0v) is 9.50. The molecule has 0 N–H and O–H groups in total. The summed E-state index contributed by atoms with van der Waals surface area (Å²) in [5, 5.41) is 14.5. The van der Waals surface area contributed by atoms with Gasteiger partial charge in [-0.1, -0.05) is 0 Å². The van der Waals surface area contributed by atoms with Crippen molar-refractivity contribution in [1.29, 1.82) is 0 Å². The van der Waals surface area contributed by atoms with Gasteiger partial charge in [-0.2, -0.15) is 9.89 Å². The molecule has 0 saturated heterocycles. The number of hydrogen-bond donors (Lipinski definition) is 0. The van der Waals surface area contributed by atoms with Crippen LogP contribution in [-0.2, 0) is 0 Å². The monoisotopic (exact) mass is 257 g/mol. The Morgan fingerprint density at radius 3 is 2.89 bits per heavy atom. The highest BCUT2D eigenvalue weighted by Crippen LogP contribution is 2.17. The standard InChI is InChI=1S/C11H7N5O3/c17-11-9-2-1-5-14(10(9)3-4-12-11)15-7-8(6-13-15)16(18)19/h1-7H. The van der Waals surface area contributed by atoms with Crippen LogP contribution in [0.25, 0.3) is 11.3 Å². The quantitative estimate of drug-likeness (QED) is 0.499. The summed E-state index contributed by atoms with van der Waals surface area (Å²) in [5.41, 5.74) is 0.512. The van der Waals surface area contributed by atoms with Crippen LogP contribution in [0.5, 0.6) is 0 Å². The molecule has 0 atom stereocenters. The van der Waals surface area contributed by atoms with Crippen molar-refractivity contribution < 1.29 is 4.92 Å². The highest BCUT2D eigenvalue weighted by atomic mass is 16.6. The van der Waals surface area contributed by atoms with Crippen LogP contribution in [0, 0.1) is 10.1 Å². The van der Waals surface area contributed by atoms with Crippen LogP contribution in [0.2, 0.25) is 0 Å². The Labute approximate surface area is 106 Å². The maximum atomic E-state index is 11.6. The second kappa shape index (κ2) is 4.02. The van der Waals surface area contributed by atoms with Crippen LogP contribution >= 0.6 is 0 Å². The summed E-state index contributed by atoms with van der Waals surface area (Å²) in [7, 11) is 0. The highest BCUT2D eigenvalue weighted by molar-refractivity contribution is 5.58. The van der Waals surface area contributed by atoms with E-state index in [0.717, 1.165) is 6.20 Å². The van der Waals surface area contributed by atoms with Crippen molar-refractivity contribution in [2.24, 2.45) is 0 Å². The molecule has 8 nitrogen and oxygen atoms in total. The third-order valence-corrected chi connectivity index (χ3v) is 2.66. The fourth-order valence-electron chi connectivity index (χ4n) is 1.80. The lowest BCUT2D eigenvalue weighted by molar-refractivity contribution is -0.385. The Kier molecular flexibility index (Phi) is 2.34. The van der Waals surface area contributed by atoms with Crippen LogP contribution in [0.1, 0.15) is 0 Å². The third kappa shape index (κ3) is 1.75. The first kappa shape index (κ1) is 11.1. The van der Waals surface area contributed by atoms with Crippen molar-refractivity contribution in [3.63, 3.8) is 0 Å². The predicted molar refractivity (Wildman–Crippen MR) is 64.8 cm³/mol. The van der Waals surface area contributed by atoms with Crippen LogP contribution < -0.4 is 5.56 Å². The van der Waals surface area contributed by atoms with Gasteiger partial charge < -0.3 is 0 Å². The summed E-state index contributed by atoms with van der Waals surface area (Å²) in [6.07, 6.45) is 5.45. The molecule has 3 heterocycles. The highest BCUT2D eigenvalue weighted by Gasteiger charge is 2.14. The molecule has 19 heavy (non-hydrogen) atoms. The van der Waals surface area contributed by atoms with E-state index in [4.69, 9.17) is 0 Å². The molecule has 94 valence electrons. The van der Waals surface area contributed by atoms with Gasteiger partial charge in [-0.05, 0) is 18.2 Å². The summed E-state index contributed by atoms with van der Waals surface area (Å²) in [5.74, 6) is 0. The van der Waals surface area contributed by atoms with Crippen LogP contribution in [-0.4, -0.2) is 24.5 Å². The third-order valence-electron chi connectivity index (χ3n) is 2.66. The molecule has 1 aromatic rings. The van der Waals surface area contributed by atoms with E-state index < -0.39 is 4.92 Å². The average molecular weight is 257 g/mol. The Morgan fingerprint density at radius 1 is 1.32 bits per heavy atom. The predicted octanol–water partition coefficient (Wildman–Crippen LogP) is 0.764. The minimum Gasteiger partial charge on any atom is -0.267 e.